The number of esters is 1. The Morgan fingerprint density at radius 1 is 1.05 bits per heavy atom. The van der Waals surface area contributed by atoms with E-state index in [1.165, 1.54) is 33.3 Å². The molecule has 0 fully saturated rings. The van der Waals surface area contributed by atoms with Crippen molar-refractivity contribution in [1.29, 1.82) is 0 Å². The molecule has 0 atom stereocenters. The maximum absolute atomic E-state index is 11.1. The zero-order valence-corrected chi connectivity index (χ0v) is 10.9. The Morgan fingerprint density at radius 3 is 2.26 bits per heavy atom. The van der Waals surface area contributed by atoms with Crippen molar-refractivity contribution < 1.29 is 24.1 Å². The minimum atomic E-state index is -0.436. The number of ether oxygens (including phenoxy) is 3. The number of hydrogen-bond acceptors (Lipinski definition) is 5. The molecular weight excluding hydrogens is 248 g/mol. The van der Waals surface area contributed by atoms with E-state index < -0.39 is 5.97 Å². The molecule has 0 radical (unpaired) electrons. The number of hydrogen-bond donors (Lipinski definition) is 1. The molecule has 19 heavy (non-hydrogen) atoms. The Labute approximate surface area is 110 Å². The van der Waals surface area contributed by atoms with Gasteiger partial charge in [0, 0.05) is 18.4 Å². The highest BCUT2D eigenvalue weighted by Crippen LogP contribution is 2.41. The summed E-state index contributed by atoms with van der Waals surface area (Å²) in [4.78, 5) is 11.1. The molecule has 5 nitrogen and oxygen atoms in total. The number of methoxy groups -OCH3 is 2. The Morgan fingerprint density at radius 2 is 1.68 bits per heavy atom. The van der Waals surface area contributed by atoms with Crippen LogP contribution in [0, 0.1) is 0 Å². The van der Waals surface area contributed by atoms with E-state index >= 15 is 0 Å². The molecule has 1 N–H and O–H groups in total. The Kier molecular flexibility index (Phi) is 3.46. The quantitative estimate of drug-likeness (QED) is 0.680. The van der Waals surface area contributed by atoms with Gasteiger partial charge in [-0.2, -0.15) is 0 Å². The maximum atomic E-state index is 11.1. The molecule has 0 bridgehead atoms. The largest absolute Gasteiger partial charge is 0.508 e. The maximum Gasteiger partial charge on any atom is 0.308 e. The number of aromatic hydroxyl groups is 1. The lowest BCUT2D eigenvalue weighted by Gasteiger charge is -2.13. The lowest BCUT2D eigenvalue weighted by Crippen LogP contribution is -2.02. The van der Waals surface area contributed by atoms with Gasteiger partial charge in [0.15, 0.2) is 0 Å². The number of fused-ring (bicyclic) bond motifs is 1. The molecule has 0 heterocycles. The summed E-state index contributed by atoms with van der Waals surface area (Å²) in [6.45, 7) is 1.32. The summed E-state index contributed by atoms with van der Waals surface area (Å²) in [5, 5.41) is 10.9. The van der Waals surface area contributed by atoms with Crippen molar-refractivity contribution in [2.45, 2.75) is 6.92 Å². The smallest absolute Gasteiger partial charge is 0.308 e. The number of rotatable bonds is 3. The van der Waals surface area contributed by atoms with Crippen molar-refractivity contribution >= 4 is 16.7 Å². The first-order chi connectivity index (χ1) is 9.06. The van der Waals surface area contributed by atoms with Gasteiger partial charge in [-0.15, -0.1) is 0 Å². The molecule has 0 aliphatic rings. The zero-order chi connectivity index (χ0) is 14.0. The van der Waals surface area contributed by atoms with E-state index in [9.17, 15) is 9.90 Å². The monoisotopic (exact) mass is 262 g/mol. The van der Waals surface area contributed by atoms with Crippen LogP contribution in [0.25, 0.3) is 10.8 Å². The second kappa shape index (κ2) is 5.06. The van der Waals surface area contributed by atoms with Gasteiger partial charge in [-0.1, -0.05) is 0 Å². The van der Waals surface area contributed by atoms with Crippen LogP contribution in [0.5, 0.6) is 23.0 Å². The Bertz CT molecular complexity index is 633. The molecular formula is C14H14O5. The number of benzene rings is 2. The average molecular weight is 262 g/mol. The minimum absolute atomic E-state index is 0.0194. The number of phenols is 1. The van der Waals surface area contributed by atoms with Crippen LogP contribution in [0.4, 0.5) is 0 Å². The molecule has 2 aromatic carbocycles. The van der Waals surface area contributed by atoms with Gasteiger partial charge in [-0.25, -0.2) is 0 Å². The van der Waals surface area contributed by atoms with Crippen molar-refractivity contribution in [3.05, 3.63) is 24.3 Å². The third-order valence-corrected chi connectivity index (χ3v) is 2.68. The predicted molar refractivity (Wildman–Crippen MR) is 70.0 cm³/mol. The van der Waals surface area contributed by atoms with Gasteiger partial charge in [0.05, 0.1) is 19.6 Å². The summed E-state index contributed by atoms with van der Waals surface area (Å²) >= 11 is 0. The van der Waals surface area contributed by atoms with Crippen molar-refractivity contribution in [3.8, 4) is 23.0 Å². The lowest BCUT2D eigenvalue weighted by molar-refractivity contribution is -0.131. The second-order valence-electron chi connectivity index (χ2n) is 3.93. The van der Waals surface area contributed by atoms with E-state index in [2.05, 4.69) is 0 Å². The lowest BCUT2D eigenvalue weighted by atomic mass is 10.1. The molecule has 0 unspecified atom stereocenters. The van der Waals surface area contributed by atoms with Gasteiger partial charge in [-0.05, 0) is 18.2 Å². The molecule has 0 spiro atoms. The van der Waals surface area contributed by atoms with E-state index in [1.807, 2.05) is 0 Å². The van der Waals surface area contributed by atoms with Crippen LogP contribution < -0.4 is 14.2 Å². The Hall–Kier alpha value is -2.43. The van der Waals surface area contributed by atoms with Crippen LogP contribution in [0.3, 0.4) is 0 Å². The molecule has 0 aliphatic heterocycles. The fourth-order valence-electron chi connectivity index (χ4n) is 1.95. The molecule has 0 aliphatic carbocycles. The van der Waals surface area contributed by atoms with Crippen molar-refractivity contribution in [3.63, 3.8) is 0 Å². The van der Waals surface area contributed by atoms with Crippen molar-refractivity contribution in [2.75, 3.05) is 14.2 Å². The molecule has 0 saturated heterocycles. The van der Waals surface area contributed by atoms with E-state index in [1.54, 1.807) is 12.1 Å². The fraction of sp³-hybridized carbons (Fsp3) is 0.214. The van der Waals surface area contributed by atoms with Crippen LogP contribution in [0.1, 0.15) is 6.92 Å². The van der Waals surface area contributed by atoms with Crippen molar-refractivity contribution in [2.24, 2.45) is 0 Å². The van der Waals surface area contributed by atoms with E-state index in [4.69, 9.17) is 14.2 Å². The first-order valence-electron chi connectivity index (χ1n) is 5.63. The highest BCUT2D eigenvalue weighted by molar-refractivity contribution is 5.99. The fourth-order valence-corrected chi connectivity index (χ4v) is 1.95. The average Bonchev–Trinajstić information content (AvgIpc) is 2.37. The first kappa shape index (κ1) is 13.0. The highest BCUT2D eigenvalue weighted by atomic mass is 16.5. The standard InChI is InChI=1S/C14H14O5/c1-8(15)19-11-4-5-12(17-2)14-10(11)6-9(16)7-13(14)18-3/h4-7,16H,1-3H3. The van der Waals surface area contributed by atoms with Crippen LogP contribution in [0.2, 0.25) is 0 Å². The summed E-state index contributed by atoms with van der Waals surface area (Å²) in [7, 11) is 3.03. The minimum Gasteiger partial charge on any atom is -0.508 e. The molecule has 0 saturated carbocycles. The summed E-state index contributed by atoms with van der Waals surface area (Å²) in [6.07, 6.45) is 0. The topological polar surface area (TPSA) is 65.0 Å². The summed E-state index contributed by atoms with van der Waals surface area (Å²) in [6, 6.07) is 6.27. The van der Waals surface area contributed by atoms with Crippen LogP contribution in [0.15, 0.2) is 24.3 Å². The molecule has 0 aromatic heterocycles. The highest BCUT2D eigenvalue weighted by Gasteiger charge is 2.15. The molecule has 5 heteroatoms. The van der Waals surface area contributed by atoms with Gasteiger partial charge in [0.1, 0.15) is 23.0 Å². The summed E-state index contributed by atoms with van der Waals surface area (Å²) in [5.74, 6) is 0.945. The summed E-state index contributed by atoms with van der Waals surface area (Å²) < 4.78 is 15.6. The van der Waals surface area contributed by atoms with Gasteiger partial charge in [-0.3, -0.25) is 4.79 Å². The van der Waals surface area contributed by atoms with Crippen LogP contribution >= 0.6 is 0 Å². The molecule has 2 rings (SSSR count). The van der Waals surface area contributed by atoms with Crippen LogP contribution in [-0.2, 0) is 4.79 Å². The van der Waals surface area contributed by atoms with Crippen molar-refractivity contribution in [1.82, 2.24) is 0 Å². The third kappa shape index (κ3) is 2.40. The van der Waals surface area contributed by atoms with Gasteiger partial charge in [0.2, 0.25) is 0 Å². The molecule has 2 aromatic rings. The van der Waals surface area contributed by atoms with E-state index in [0.717, 1.165) is 0 Å². The Balaban J connectivity index is 2.80. The summed E-state index contributed by atoms with van der Waals surface area (Å²) in [5.41, 5.74) is 0. The van der Waals surface area contributed by atoms with E-state index in [0.29, 0.717) is 28.0 Å². The molecule has 100 valence electrons. The SMILES string of the molecule is COc1ccc(OC(C)=O)c2cc(O)cc(OC)c12. The predicted octanol–water partition coefficient (Wildman–Crippen LogP) is 2.49. The molecule has 0 amide bonds. The van der Waals surface area contributed by atoms with Gasteiger partial charge in [0.25, 0.3) is 0 Å². The third-order valence-electron chi connectivity index (χ3n) is 2.68. The van der Waals surface area contributed by atoms with Crippen LogP contribution in [-0.4, -0.2) is 25.3 Å². The van der Waals surface area contributed by atoms with Gasteiger partial charge < -0.3 is 19.3 Å². The zero-order valence-electron chi connectivity index (χ0n) is 10.9. The normalized spacial score (nSPS) is 10.3. The van der Waals surface area contributed by atoms with E-state index in [-0.39, 0.29) is 5.75 Å². The number of carbonyl (C=O) groups excluding carboxylic acids is 1. The number of phenolic OH excluding ortho intramolecular Hbond substituents is 1. The first-order valence-corrected chi connectivity index (χ1v) is 5.63. The number of carbonyl (C=O) groups is 1. The second-order valence-corrected chi connectivity index (χ2v) is 3.93. The van der Waals surface area contributed by atoms with Gasteiger partial charge >= 0.3 is 5.97 Å².